The van der Waals surface area contributed by atoms with Gasteiger partial charge in [-0.2, -0.15) is 0 Å². The van der Waals surface area contributed by atoms with E-state index in [0.29, 0.717) is 6.42 Å². The lowest BCUT2D eigenvalue weighted by molar-refractivity contribution is 0.0994. The van der Waals surface area contributed by atoms with E-state index in [4.69, 9.17) is 0 Å². The van der Waals surface area contributed by atoms with Crippen LogP contribution in [-0.2, 0) is 6.42 Å². The van der Waals surface area contributed by atoms with E-state index >= 15 is 0 Å². The second-order valence-electron chi connectivity index (χ2n) is 5.11. The first-order chi connectivity index (χ1) is 8.65. The first kappa shape index (κ1) is 11.2. The van der Waals surface area contributed by atoms with E-state index in [-0.39, 0.29) is 5.78 Å². The monoisotopic (exact) mass is 236 g/mol. The minimum absolute atomic E-state index is 0.289. The molecule has 0 radical (unpaired) electrons. The van der Waals surface area contributed by atoms with Gasteiger partial charge in [-0.15, -0.1) is 0 Å². The average molecular weight is 236 g/mol. The summed E-state index contributed by atoms with van der Waals surface area (Å²) < 4.78 is 0. The van der Waals surface area contributed by atoms with Crippen LogP contribution in [0.3, 0.4) is 0 Å². The standard InChI is InChI=1S/C17H16O/c1-11-3-4-12(2)15(9-11)14-6-5-13-7-8-17(18)16(13)10-14/h3-6,9-10H,7-8H2,1-2H3. The van der Waals surface area contributed by atoms with Gasteiger partial charge < -0.3 is 0 Å². The second-order valence-corrected chi connectivity index (χ2v) is 5.11. The Morgan fingerprint density at radius 1 is 0.889 bits per heavy atom. The summed E-state index contributed by atoms with van der Waals surface area (Å²) in [5.74, 6) is 0.289. The first-order valence-electron chi connectivity index (χ1n) is 6.39. The highest BCUT2D eigenvalue weighted by Crippen LogP contribution is 2.30. The van der Waals surface area contributed by atoms with Gasteiger partial charge in [0.2, 0.25) is 0 Å². The Kier molecular flexibility index (Phi) is 2.55. The van der Waals surface area contributed by atoms with Crippen LogP contribution in [0.25, 0.3) is 11.1 Å². The third-order valence-electron chi connectivity index (χ3n) is 3.74. The molecule has 1 nitrogen and oxygen atoms in total. The molecule has 2 aromatic carbocycles. The molecule has 3 rings (SSSR count). The lowest BCUT2D eigenvalue weighted by Gasteiger charge is -2.09. The maximum atomic E-state index is 11.8. The minimum Gasteiger partial charge on any atom is -0.294 e. The van der Waals surface area contributed by atoms with E-state index in [9.17, 15) is 4.79 Å². The van der Waals surface area contributed by atoms with Crippen molar-refractivity contribution in [2.24, 2.45) is 0 Å². The van der Waals surface area contributed by atoms with Gasteiger partial charge >= 0.3 is 0 Å². The Hall–Kier alpha value is -1.89. The minimum atomic E-state index is 0.289. The zero-order chi connectivity index (χ0) is 12.7. The Morgan fingerprint density at radius 2 is 1.72 bits per heavy atom. The molecule has 0 bridgehead atoms. The van der Waals surface area contributed by atoms with Crippen molar-refractivity contribution in [3.05, 3.63) is 58.7 Å². The van der Waals surface area contributed by atoms with Gasteiger partial charge in [-0.25, -0.2) is 0 Å². The van der Waals surface area contributed by atoms with Crippen molar-refractivity contribution in [2.45, 2.75) is 26.7 Å². The van der Waals surface area contributed by atoms with Crippen LogP contribution in [0.15, 0.2) is 36.4 Å². The molecule has 0 aromatic heterocycles. The van der Waals surface area contributed by atoms with Gasteiger partial charge in [0.25, 0.3) is 0 Å². The molecule has 1 aliphatic carbocycles. The molecule has 2 aromatic rings. The number of hydrogen-bond acceptors (Lipinski definition) is 1. The smallest absolute Gasteiger partial charge is 0.163 e. The Labute approximate surface area is 107 Å². The van der Waals surface area contributed by atoms with Crippen molar-refractivity contribution in [2.75, 3.05) is 0 Å². The Bertz CT molecular complexity index is 638. The third kappa shape index (κ3) is 1.76. The van der Waals surface area contributed by atoms with Crippen LogP contribution in [0, 0.1) is 13.8 Å². The van der Waals surface area contributed by atoms with Crippen molar-refractivity contribution in [3.8, 4) is 11.1 Å². The van der Waals surface area contributed by atoms with Crippen LogP contribution < -0.4 is 0 Å². The van der Waals surface area contributed by atoms with Crippen molar-refractivity contribution in [3.63, 3.8) is 0 Å². The molecule has 1 aliphatic rings. The lowest BCUT2D eigenvalue weighted by atomic mass is 9.96. The van der Waals surface area contributed by atoms with Crippen LogP contribution in [0.1, 0.15) is 33.5 Å². The summed E-state index contributed by atoms with van der Waals surface area (Å²) in [6.07, 6.45) is 1.58. The molecule has 0 saturated heterocycles. The van der Waals surface area contributed by atoms with Crippen LogP contribution in [-0.4, -0.2) is 5.78 Å². The van der Waals surface area contributed by atoms with E-state index < -0.39 is 0 Å². The fourth-order valence-electron chi connectivity index (χ4n) is 2.65. The number of hydrogen-bond donors (Lipinski definition) is 0. The van der Waals surface area contributed by atoms with E-state index in [1.54, 1.807) is 0 Å². The van der Waals surface area contributed by atoms with Gasteiger partial charge in [-0.05, 0) is 48.6 Å². The van der Waals surface area contributed by atoms with Crippen LogP contribution in [0.4, 0.5) is 0 Å². The topological polar surface area (TPSA) is 17.1 Å². The summed E-state index contributed by atoms with van der Waals surface area (Å²) in [4.78, 5) is 11.8. The first-order valence-corrected chi connectivity index (χ1v) is 6.39. The number of ketones is 1. The SMILES string of the molecule is Cc1ccc(C)c(-c2ccc3c(c2)C(=O)CC3)c1. The molecule has 0 N–H and O–H groups in total. The fourth-order valence-corrected chi connectivity index (χ4v) is 2.65. The van der Waals surface area contributed by atoms with Crippen molar-refractivity contribution in [1.29, 1.82) is 0 Å². The molecule has 0 atom stereocenters. The van der Waals surface area contributed by atoms with Gasteiger partial charge in [0.05, 0.1) is 0 Å². The van der Waals surface area contributed by atoms with Gasteiger partial charge in [-0.3, -0.25) is 4.79 Å². The van der Waals surface area contributed by atoms with Gasteiger partial charge in [0.15, 0.2) is 5.78 Å². The molecule has 0 fully saturated rings. The molecular formula is C17H16O. The maximum absolute atomic E-state index is 11.8. The van der Waals surface area contributed by atoms with Crippen LogP contribution >= 0.6 is 0 Å². The molecule has 0 amide bonds. The predicted octanol–water partition coefficient (Wildman–Crippen LogP) is 4.10. The lowest BCUT2D eigenvalue weighted by Crippen LogP contribution is -1.93. The summed E-state index contributed by atoms with van der Waals surface area (Å²) in [6.45, 7) is 4.21. The van der Waals surface area contributed by atoms with E-state index in [1.165, 1.54) is 22.3 Å². The maximum Gasteiger partial charge on any atom is 0.163 e. The molecule has 0 aliphatic heterocycles. The highest BCUT2D eigenvalue weighted by Gasteiger charge is 2.19. The summed E-state index contributed by atoms with van der Waals surface area (Å²) >= 11 is 0. The van der Waals surface area contributed by atoms with Crippen molar-refractivity contribution < 1.29 is 4.79 Å². The number of carbonyl (C=O) groups excluding carboxylic acids is 1. The zero-order valence-electron chi connectivity index (χ0n) is 10.8. The highest BCUT2D eigenvalue weighted by atomic mass is 16.1. The average Bonchev–Trinajstić information content (AvgIpc) is 2.74. The van der Waals surface area contributed by atoms with Gasteiger partial charge in [0.1, 0.15) is 0 Å². The normalized spacial score (nSPS) is 13.8. The Morgan fingerprint density at radius 3 is 2.56 bits per heavy atom. The second kappa shape index (κ2) is 4.09. The van der Waals surface area contributed by atoms with Gasteiger partial charge in [-0.1, -0.05) is 35.9 Å². The number of rotatable bonds is 1. The number of carbonyl (C=O) groups is 1. The quantitative estimate of drug-likeness (QED) is 0.728. The molecule has 0 heterocycles. The summed E-state index contributed by atoms with van der Waals surface area (Å²) in [5.41, 5.74) is 7.03. The summed E-state index contributed by atoms with van der Waals surface area (Å²) in [6, 6.07) is 12.8. The number of benzene rings is 2. The summed E-state index contributed by atoms with van der Waals surface area (Å²) in [5, 5.41) is 0. The molecular weight excluding hydrogens is 220 g/mol. The predicted molar refractivity (Wildman–Crippen MR) is 74.0 cm³/mol. The van der Waals surface area contributed by atoms with Crippen molar-refractivity contribution >= 4 is 5.78 Å². The molecule has 1 heteroatoms. The number of Topliss-reactive ketones (excluding diaryl/α,β-unsaturated/α-hetero) is 1. The largest absolute Gasteiger partial charge is 0.294 e. The number of aryl methyl sites for hydroxylation is 3. The molecule has 0 saturated carbocycles. The Balaban J connectivity index is 2.16. The number of fused-ring (bicyclic) bond motifs is 1. The van der Waals surface area contributed by atoms with Crippen LogP contribution in [0.5, 0.6) is 0 Å². The summed E-state index contributed by atoms with van der Waals surface area (Å²) in [7, 11) is 0. The molecule has 18 heavy (non-hydrogen) atoms. The highest BCUT2D eigenvalue weighted by molar-refractivity contribution is 6.01. The fraction of sp³-hybridized carbons (Fsp3) is 0.235. The van der Waals surface area contributed by atoms with E-state index in [0.717, 1.165) is 17.5 Å². The van der Waals surface area contributed by atoms with Gasteiger partial charge in [0, 0.05) is 12.0 Å². The molecule has 90 valence electrons. The molecule has 0 unspecified atom stereocenters. The van der Waals surface area contributed by atoms with Crippen molar-refractivity contribution in [1.82, 2.24) is 0 Å². The zero-order valence-corrected chi connectivity index (χ0v) is 10.8. The van der Waals surface area contributed by atoms with Crippen LogP contribution in [0.2, 0.25) is 0 Å². The third-order valence-corrected chi connectivity index (χ3v) is 3.74. The van der Waals surface area contributed by atoms with E-state index in [1.807, 2.05) is 0 Å². The molecule has 0 spiro atoms. The van der Waals surface area contributed by atoms with E-state index in [2.05, 4.69) is 50.2 Å².